The van der Waals surface area contributed by atoms with Gasteiger partial charge in [-0.1, -0.05) is 13.8 Å². The fourth-order valence-electron chi connectivity index (χ4n) is 2.68. The van der Waals surface area contributed by atoms with E-state index in [9.17, 15) is 9.59 Å². The standard InChI is InChI=1S/C15H20ClNO2/c1-10(2)6-7-17-13-5-3-4-11(13)8-12(15(17)19)9-14(16)18/h8,10H,3-7,9H2,1-2H3. The fourth-order valence-corrected chi connectivity index (χ4v) is 2.83. The van der Waals surface area contributed by atoms with Gasteiger partial charge in [-0.2, -0.15) is 0 Å². The smallest absolute Gasteiger partial charge is 0.254 e. The maximum absolute atomic E-state index is 12.4. The van der Waals surface area contributed by atoms with Crippen molar-refractivity contribution in [1.29, 1.82) is 0 Å². The highest BCUT2D eigenvalue weighted by Gasteiger charge is 2.19. The van der Waals surface area contributed by atoms with Gasteiger partial charge in [0.2, 0.25) is 5.24 Å². The molecule has 2 rings (SSSR count). The summed E-state index contributed by atoms with van der Waals surface area (Å²) < 4.78 is 1.87. The summed E-state index contributed by atoms with van der Waals surface area (Å²) in [6.45, 7) is 5.04. The Bertz CT molecular complexity index is 546. The van der Waals surface area contributed by atoms with Crippen molar-refractivity contribution in [2.24, 2.45) is 5.92 Å². The lowest BCUT2D eigenvalue weighted by Gasteiger charge is -2.15. The van der Waals surface area contributed by atoms with Gasteiger partial charge in [0.1, 0.15) is 0 Å². The van der Waals surface area contributed by atoms with E-state index >= 15 is 0 Å². The first-order valence-corrected chi connectivity index (χ1v) is 7.29. The molecule has 0 N–H and O–H groups in total. The topological polar surface area (TPSA) is 39.1 Å². The number of aryl methyl sites for hydroxylation is 1. The van der Waals surface area contributed by atoms with Crippen LogP contribution in [0, 0.1) is 5.92 Å². The van der Waals surface area contributed by atoms with Crippen molar-refractivity contribution < 1.29 is 4.79 Å². The Morgan fingerprint density at radius 1 is 1.42 bits per heavy atom. The number of pyridine rings is 1. The van der Waals surface area contributed by atoms with Gasteiger partial charge in [-0.3, -0.25) is 9.59 Å². The molecule has 1 aromatic rings. The lowest BCUT2D eigenvalue weighted by molar-refractivity contribution is -0.111. The molecule has 0 aromatic carbocycles. The van der Waals surface area contributed by atoms with Crippen molar-refractivity contribution in [3.63, 3.8) is 0 Å². The first-order valence-electron chi connectivity index (χ1n) is 6.92. The quantitative estimate of drug-likeness (QED) is 0.779. The number of hydrogen-bond acceptors (Lipinski definition) is 2. The number of halogens is 1. The average molecular weight is 282 g/mol. The summed E-state index contributed by atoms with van der Waals surface area (Å²) in [4.78, 5) is 23.5. The van der Waals surface area contributed by atoms with Gasteiger partial charge in [-0.15, -0.1) is 0 Å². The summed E-state index contributed by atoms with van der Waals surface area (Å²) in [6, 6.07) is 1.89. The molecule has 0 atom stereocenters. The van der Waals surface area contributed by atoms with Crippen LogP contribution in [0.3, 0.4) is 0 Å². The summed E-state index contributed by atoms with van der Waals surface area (Å²) in [7, 11) is 0. The van der Waals surface area contributed by atoms with Crippen LogP contribution in [-0.2, 0) is 30.6 Å². The van der Waals surface area contributed by atoms with Crippen molar-refractivity contribution in [3.05, 3.63) is 33.2 Å². The summed E-state index contributed by atoms with van der Waals surface area (Å²) >= 11 is 5.43. The Hall–Kier alpha value is -1.09. The molecule has 1 heterocycles. The Morgan fingerprint density at radius 2 is 2.16 bits per heavy atom. The average Bonchev–Trinajstić information content (AvgIpc) is 2.75. The number of hydrogen-bond donors (Lipinski definition) is 0. The fraction of sp³-hybridized carbons (Fsp3) is 0.600. The van der Waals surface area contributed by atoms with E-state index in [1.54, 1.807) is 0 Å². The molecule has 0 aliphatic heterocycles. The number of carbonyl (C=O) groups excluding carboxylic acids is 1. The van der Waals surface area contributed by atoms with Gasteiger partial charge < -0.3 is 4.57 Å². The van der Waals surface area contributed by atoms with Crippen LogP contribution in [0.5, 0.6) is 0 Å². The van der Waals surface area contributed by atoms with E-state index in [-0.39, 0.29) is 12.0 Å². The summed E-state index contributed by atoms with van der Waals surface area (Å²) in [5.41, 5.74) is 2.90. The van der Waals surface area contributed by atoms with Gasteiger partial charge in [0.15, 0.2) is 0 Å². The summed E-state index contributed by atoms with van der Waals surface area (Å²) in [6.07, 6.45) is 4.08. The largest absolute Gasteiger partial charge is 0.312 e. The molecule has 4 heteroatoms. The lowest BCUT2D eigenvalue weighted by Crippen LogP contribution is -2.28. The van der Waals surface area contributed by atoms with Gasteiger partial charge in [0.05, 0.1) is 6.42 Å². The maximum Gasteiger partial charge on any atom is 0.254 e. The van der Waals surface area contributed by atoms with E-state index < -0.39 is 5.24 Å². The molecule has 0 saturated carbocycles. The van der Waals surface area contributed by atoms with E-state index in [2.05, 4.69) is 13.8 Å². The first kappa shape index (κ1) is 14.3. The molecule has 1 aromatic heterocycles. The molecule has 1 aliphatic rings. The Kier molecular flexibility index (Phi) is 4.46. The molecule has 0 unspecified atom stereocenters. The second-order valence-corrected chi connectivity index (χ2v) is 6.09. The SMILES string of the molecule is CC(C)CCn1c2c(cc(CC(=O)Cl)c1=O)CCC2. The van der Waals surface area contributed by atoms with Crippen molar-refractivity contribution >= 4 is 16.8 Å². The van der Waals surface area contributed by atoms with Crippen molar-refractivity contribution in [2.45, 2.75) is 52.5 Å². The van der Waals surface area contributed by atoms with E-state index in [1.165, 1.54) is 5.56 Å². The van der Waals surface area contributed by atoms with E-state index in [0.29, 0.717) is 11.5 Å². The molecule has 0 amide bonds. The number of aromatic nitrogens is 1. The molecule has 0 saturated heterocycles. The van der Waals surface area contributed by atoms with E-state index in [1.807, 2.05) is 10.6 Å². The third-order valence-corrected chi connectivity index (χ3v) is 3.82. The van der Waals surface area contributed by atoms with Crippen LogP contribution in [0.2, 0.25) is 0 Å². The van der Waals surface area contributed by atoms with Crippen molar-refractivity contribution in [3.8, 4) is 0 Å². The molecular weight excluding hydrogens is 262 g/mol. The second-order valence-electron chi connectivity index (χ2n) is 5.67. The van der Waals surface area contributed by atoms with Crippen LogP contribution < -0.4 is 5.56 Å². The number of fused-ring (bicyclic) bond motifs is 1. The predicted octanol–water partition coefficient (Wildman–Crippen LogP) is 2.69. The molecule has 0 fully saturated rings. The summed E-state index contributed by atoms with van der Waals surface area (Å²) in [5.74, 6) is 0.558. The Morgan fingerprint density at radius 3 is 2.79 bits per heavy atom. The molecule has 1 aliphatic carbocycles. The Balaban J connectivity index is 2.41. The van der Waals surface area contributed by atoms with Gasteiger partial charge in [-0.25, -0.2) is 0 Å². The second kappa shape index (κ2) is 5.91. The highest BCUT2D eigenvalue weighted by molar-refractivity contribution is 6.63. The van der Waals surface area contributed by atoms with Crippen LogP contribution in [0.4, 0.5) is 0 Å². The minimum Gasteiger partial charge on any atom is -0.312 e. The summed E-state index contributed by atoms with van der Waals surface area (Å²) in [5, 5.41) is -0.467. The van der Waals surface area contributed by atoms with Gasteiger partial charge in [0, 0.05) is 17.8 Å². The molecule has 0 bridgehead atoms. The first-order chi connectivity index (χ1) is 8.99. The van der Waals surface area contributed by atoms with Crippen LogP contribution in [0.15, 0.2) is 10.9 Å². The normalized spacial score (nSPS) is 13.9. The number of rotatable bonds is 5. The van der Waals surface area contributed by atoms with Gasteiger partial charge in [-0.05, 0) is 54.8 Å². The number of carbonyl (C=O) groups is 1. The molecular formula is C15H20ClNO2. The maximum atomic E-state index is 12.4. The van der Waals surface area contributed by atoms with Crippen LogP contribution in [0.1, 0.15) is 43.5 Å². The van der Waals surface area contributed by atoms with Gasteiger partial charge >= 0.3 is 0 Å². The monoisotopic (exact) mass is 281 g/mol. The molecule has 104 valence electrons. The van der Waals surface area contributed by atoms with E-state index in [4.69, 9.17) is 11.6 Å². The molecule has 0 radical (unpaired) electrons. The van der Waals surface area contributed by atoms with E-state index in [0.717, 1.165) is 37.9 Å². The van der Waals surface area contributed by atoms with Crippen LogP contribution >= 0.6 is 11.6 Å². The third-order valence-electron chi connectivity index (χ3n) is 3.68. The third kappa shape index (κ3) is 3.27. The molecule has 19 heavy (non-hydrogen) atoms. The lowest BCUT2D eigenvalue weighted by atomic mass is 10.1. The Labute approximate surface area is 118 Å². The minimum absolute atomic E-state index is 0.0321. The highest BCUT2D eigenvalue weighted by atomic mass is 35.5. The predicted molar refractivity (Wildman–Crippen MR) is 76.7 cm³/mol. The van der Waals surface area contributed by atoms with Crippen molar-refractivity contribution in [2.75, 3.05) is 0 Å². The van der Waals surface area contributed by atoms with Crippen LogP contribution in [-0.4, -0.2) is 9.81 Å². The zero-order valence-electron chi connectivity index (χ0n) is 11.5. The highest BCUT2D eigenvalue weighted by Crippen LogP contribution is 2.22. The minimum atomic E-state index is -0.467. The molecule has 3 nitrogen and oxygen atoms in total. The zero-order valence-corrected chi connectivity index (χ0v) is 12.3. The molecule has 0 spiro atoms. The van der Waals surface area contributed by atoms with Gasteiger partial charge in [0.25, 0.3) is 5.56 Å². The van der Waals surface area contributed by atoms with Crippen molar-refractivity contribution in [1.82, 2.24) is 4.57 Å². The number of nitrogens with zero attached hydrogens (tertiary/aromatic N) is 1. The van der Waals surface area contributed by atoms with Crippen LogP contribution in [0.25, 0.3) is 0 Å². The zero-order chi connectivity index (χ0) is 14.0.